The minimum Gasteiger partial charge on any atom is -0.408 e. The van der Waals surface area contributed by atoms with Gasteiger partial charge in [-0.15, -0.1) is 0 Å². The van der Waals surface area contributed by atoms with Crippen LogP contribution in [0.4, 0.5) is 18.0 Å². The first-order valence-corrected chi connectivity index (χ1v) is 11.7. The molecule has 1 fully saturated rings. The molecule has 11 heteroatoms. The van der Waals surface area contributed by atoms with Gasteiger partial charge in [0.1, 0.15) is 11.4 Å². The summed E-state index contributed by atoms with van der Waals surface area (Å²) in [6.07, 6.45) is -2.32. The molecule has 8 nitrogen and oxygen atoms in total. The number of halogens is 3. The molecule has 0 aliphatic carbocycles. The highest BCUT2D eigenvalue weighted by Gasteiger charge is 2.34. The molecule has 35 heavy (non-hydrogen) atoms. The van der Waals surface area contributed by atoms with Crippen molar-refractivity contribution >= 4 is 12.0 Å². The van der Waals surface area contributed by atoms with E-state index in [1.165, 1.54) is 6.07 Å². The van der Waals surface area contributed by atoms with Gasteiger partial charge < -0.3 is 24.3 Å². The number of likely N-dealkylation sites (tertiary alicyclic amines) is 1. The summed E-state index contributed by atoms with van der Waals surface area (Å²) in [6.45, 7) is 7.46. The second-order valence-corrected chi connectivity index (χ2v) is 9.26. The molecule has 0 aromatic carbocycles. The SMILES string of the molecule is CC(C)[C@@H](NC(=O)Oc1cc(C(=O)N2CCC[C@@H]2C)n2c1COCC2)c1ccc(C(F)(F)F)nc1. The van der Waals surface area contributed by atoms with E-state index >= 15 is 0 Å². The van der Waals surface area contributed by atoms with Crippen LogP contribution in [-0.2, 0) is 24.1 Å². The highest BCUT2D eigenvalue weighted by atomic mass is 19.4. The van der Waals surface area contributed by atoms with Crippen molar-refractivity contribution in [3.8, 4) is 5.75 Å². The van der Waals surface area contributed by atoms with Gasteiger partial charge in [-0.05, 0) is 37.3 Å². The molecule has 2 atom stereocenters. The minimum atomic E-state index is -4.54. The van der Waals surface area contributed by atoms with Crippen molar-refractivity contribution in [2.75, 3.05) is 13.2 Å². The second-order valence-electron chi connectivity index (χ2n) is 9.26. The Morgan fingerprint density at radius 1 is 1.26 bits per heavy atom. The van der Waals surface area contributed by atoms with Crippen molar-refractivity contribution in [3.63, 3.8) is 0 Å². The number of alkyl halides is 3. The Morgan fingerprint density at radius 3 is 2.63 bits per heavy atom. The van der Waals surface area contributed by atoms with E-state index in [4.69, 9.17) is 9.47 Å². The number of carbonyl (C=O) groups is 2. The van der Waals surface area contributed by atoms with Crippen LogP contribution >= 0.6 is 0 Å². The lowest BCUT2D eigenvalue weighted by Crippen LogP contribution is -2.35. The van der Waals surface area contributed by atoms with E-state index in [2.05, 4.69) is 10.3 Å². The summed E-state index contributed by atoms with van der Waals surface area (Å²) in [6, 6.07) is 3.27. The lowest BCUT2D eigenvalue weighted by molar-refractivity contribution is -0.141. The molecule has 4 heterocycles. The first-order chi connectivity index (χ1) is 16.6. The predicted octanol–water partition coefficient (Wildman–Crippen LogP) is 4.54. The van der Waals surface area contributed by atoms with Gasteiger partial charge in [0.15, 0.2) is 5.75 Å². The van der Waals surface area contributed by atoms with Gasteiger partial charge in [-0.1, -0.05) is 19.9 Å². The van der Waals surface area contributed by atoms with Crippen molar-refractivity contribution < 1.29 is 32.2 Å². The van der Waals surface area contributed by atoms with Gasteiger partial charge in [0.05, 0.1) is 24.9 Å². The molecule has 4 rings (SSSR count). The van der Waals surface area contributed by atoms with Gasteiger partial charge in [-0.25, -0.2) is 4.79 Å². The van der Waals surface area contributed by atoms with Gasteiger partial charge >= 0.3 is 12.3 Å². The van der Waals surface area contributed by atoms with Crippen LogP contribution in [0.25, 0.3) is 0 Å². The van der Waals surface area contributed by atoms with E-state index in [1.807, 2.05) is 30.2 Å². The lowest BCUT2D eigenvalue weighted by Gasteiger charge is -2.24. The Bertz CT molecular complexity index is 1080. The number of fused-ring (bicyclic) bond motifs is 1. The third kappa shape index (κ3) is 5.29. The van der Waals surface area contributed by atoms with Crippen molar-refractivity contribution in [2.24, 2.45) is 5.92 Å². The highest BCUT2D eigenvalue weighted by Crippen LogP contribution is 2.32. The molecule has 2 aromatic rings. The Morgan fingerprint density at radius 2 is 2.03 bits per heavy atom. The zero-order chi connectivity index (χ0) is 25.3. The van der Waals surface area contributed by atoms with Crippen LogP contribution in [-0.4, -0.2) is 45.6 Å². The number of nitrogens with one attached hydrogen (secondary N) is 1. The number of amides is 2. The van der Waals surface area contributed by atoms with Crippen molar-refractivity contribution in [3.05, 3.63) is 47.0 Å². The minimum absolute atomic E-state index is 0.107. The molecular weight excluding hydrogens is 465 g/mol. The van der Waals surface area contributed by atoms with E-state index in [-0.39, 0.29) is 30.2 Å². The molecule has 0 bridgehead atoms. The number of carbonyl (C=O) groups excluding carboxylic acids is 2. The van der Waals surface area contributed by atoms with Gasteiger partial charge in [0.2, 0.25) is 0 Å². The molecule has 2 amide bonds. The number of aromatic nitrogens is 2. The third-order valence-corrected chi connectivity index (χ3v) is 6.48. The van der Waals surface area contributed by atoms with Gasteiger partial charge in [0, 0.05) is 31.4 Å². The van der Waals surface area contributed by atoms with Crippen molar-refractivity contribution in [1.82, 2.24) is 19.8 Å². The van der Waals surface area contributed by atoms with Crippen LogP contribution in [0, 0.1) is 5.92 Å². The Kier molecular flexibility index (Phi) is 7.07. The standard InChI is InChI=1S/C24H29F3N4O4/c1-14(2)21(16-6-7-20(28-12-16)24(25,26)27)29-23(33)35-19-11-17(31-9-10-34-13-18(19)31)22(32)30-8-4-5-15(30)3/h6-7,11-12,14-15,21H,4-5,8-10,13H2,1-3H3,(H,29,33)/t15-,21+/m0/s1. The van der Waals surface area contributed by atoms with E-state index in [1.54, 1.807) is 6.07 Å². The number of hydrogen-bond acceptors (Lipinski definition) is 5. The fourth-order valence-corrected chi connectivity index (χ4v) is 4.59. The maximum absolute atomic E-state index is 13.2. The first kappa shape index (κ1) is 25.0. The van der Waals surface area contributed by atoms with Gasteiger partial charge in [0.25, 0.3) is 5.91 Å². The van der Waals surface area contributed by atoms with Crippen molar-refractivity contribution in [2.45, 2.75) is 65.0 Å². The second kappa shape index (κ2) is 9.88. The molecule has 190 valence electrons. The molecule has 0 unspecified atom stereocenters. The van der Waals surface area contributed by atoms with Gasteiger partial charge in [-0.3, -0.25) is 9.78 Å². The van der Waals surface area contributed by atoms with E-state index < -0.39 is 24.0 Å². The molecule has 2 aliphatic heterocycles. The quantitative estimate of drug-likeness (QED) is 0.660. The molecule has 0 spiro atoms. The fraction of sp³-hybridized carbons (Fsp3) is 0.542. The number of ether oxygens (including phenoxy) is 2. The summed E-state index contributed by atoms with van der Waals surface area (Å²) in [4.78, 5) is 31.3. The summed E-state index contributed by atoms with van der Waals surface area (Å²) >= 11 is 0. The molecule has 2 aliphatic rings. The Labute approximate surface area is 201 Å². The lowest BCUT2D eigenvalue weighted by atomic mass is 9.97. The summed E-state index contributed by atoms with van der Waals surface area (Å²) < 4.78 is 51.5. The number of pyridine rings is 1. The monoisotopic (exact) mass is 494 g/mol. The summed E-state index contributed by atoms with van der Waals surface area (Å²) in [5.74, 6) is -0.0316. The van der Waals surface area contributed by atoms with Crippen LogP contribution in [0.15, 0.2) is 24.4 Å². The zero-order valence-electron chi connectivity index (χ0n) is 19.9. The van der Waals surface area contributed by atoms with Crippen LogP contribution in [0.5, 0.6) is 5.75 Å². The highest BCUT2D eigenvalue weighted by molar-refractivity contribution is 5.94. The van der Waals surface area contributed by atoms with Gasteiger partial charge in [-0.2, -0.15) is 13.2 Å². The van der Waals surface area contributed by atoms with Crippen molar-refractivity contribution in [1.29, 1.82) is 0 Å². The average Bonchev–Trinajstić information content (AvgIpc) is 3.40. The number of nitrogens with zero attached hydrogens (tertiary/aromatic N) is 3. The normalized spacial score (nSPS) is 18.9. The average molecular weight is 495 g/mol. The fourth-order valence-electron chi connectivity index (χ4n) is 4.59. The Hall–Kier alpha value is -3.08. The van der Waals surface area contributed by atoms with Crippen LogP contribution in [0.3, 0.4) is 0 Å². The smallest absolute Gasteiger partial charge is 0.408 e. The Balaban J connectivity index is 1.53. The number of rotatable bonds is 5. The van der Waals surface area contributed by atoms with Crippen LogP contribution < -0.4 is 10.1 Å². The molecule has 0 radical (unpaired) electrons. The summed E-state index contributed by atoms with van der Waals surface area (Å²) in [5, 5.41) is 2.72. The van der Waals surface area contributed by atoms with E-state index in [0.29, 0.717) is 36.6 Å². The molecule has 1 N–H and O–H groups in total. The zero-order valence-corrected chi connectivity index (χ0v) is 19.9. The summed E-state index contributed by atoms with van der Waals surface area (Å²) in [5.41, 5.74) is 0.466. The summed E-state index contributed by atoms with van der Waals surface area (Å²) in [7, 11) is 0. The van der Waals surface area contributed by atoms with E-state index in [0.717, 1.165) is 25.1 Å². The largest absolute Gasteiger partial charge is 0.433 e. The molecule has 1 saturated heterocycles. The maximum Gasteiger partial charge on any atom is 0.433 e. The van der Waals surface area contributed by atoms with Crippen LogP contribution in [0.1, 0.15) is 67.1 Å². The maximum atomic E-state index is 13.2. The first-order valence-electron chi connectivity index (χ1n) is 11.7. The predicted molar refractivity (Wildman–Crippen MR) is 120 cm³/mol. The topological polar surface area (TPSA) is 85.7 Å². The molecule has 0 saturated carbocycles. The molecule has 2 aromatic heterocycles. The third-order valence-electron chi connectivity index (χ3n) is 6.48. The number of hydrogen-bond donors (Lipinski definition) is 1. The van der Waals surface area contributed by atoms with E-state index in [9.17, 15) is 22.8 Å². The van der Waals surface area contributed by atoms with Crippen LogP contribution in [0.2, 0.25) is 0 Å². The molecular formula is C24H29F3N4O4.